The Morgan fingerprint density at radius 3 is 2.27 bits per heavy atom. The van der Waals surface area contributed by atoms with Gasteiger partial charge in [0, 0.05) is 17.0 Å². The number of urea groups is 1. The van der Waals surface area contributed by atoms with Crippen molar-refractivity contribution in [2.24, 2.45) is 5.92 Å². The van der Waals surface area contributed by atoms with Crippen LogP contribution in [0.5, 0.6) is 0 Å². The van der Waals surface area contributed by atoms with E-state index >= 15 is 0 Å². The van der Waals surface area contributed by atoms with Crippen LogP contribution < -0.4 is 16.0 Å². The highest BCUT2D eigenvalue weighted by Crippen LogP contribution is 2.50. The molecule has 5 nitrogen and oxygen atoms in total. The van der Waals surface area contributed by atoms with E-state index in [1.807, 2.05) is 50.2 Å². The molecule has 26 heavy (non-hydrogen) atoms. The SMILES string of the molecule is CC(C)NC(=O)Nc1ccccc1NC(=O)C1CC1c1ccccc1Cl. The summed E-state index contributed by atoms with van der Waals surface area (Å²) < 4.78 is 0. The maximum absolute atomic E-state index is 12.6. The summed E-state index contributed by atoms with van der Waals surface area (Å²) >= 11 is 6.23. The number of hydrogen-bond donors (Lipinski definition) is 3. The molecule has 0 bridgehead atoms. The largest absolute Gasteiger partial charge is 0.336 e. The highest BCUT2D eigenvalue weighted by Gasteiger charge is 2.44. The van der Waals surface area contributed by atoms with Crippen LogP contribution in [-0.4, -0.2) is 18.0 Å². The van der Waals surface area contributed by atoms with Crippen LogP contribution in [0.3, 0.4) is 0 Å². The molecule has 0 aliphatic heterocycles. The molecule has 3 amide bonds. The van der Waals surface area contributed by atoms with Crippen LogP contribution in [0.1, 0.15) is 31.7 Å². The number of hydrogen-bond acceptors (Lipinski definition) is 2. The van der Waals surface area contributed by atoms with Gasteiger partial charge in [0.25, 0.3) is 0 Å². The van der Waals surface area contributed by atoms with E-state index in [9.17, 15) is 9.59 Å². The highest BCUT2D eigenvalue weighted by atomic mass is 35.5. The third-order valence-corrected chi connectivity index (χ3v) is 4.63. The Labute approximate surface area is 158 Å². The first-order valence-electron chi connectivity index (χ1n) is 8.67. The molecule has 136 valence electrons. The van der Waals surface area contributed by atoms with Crippen molar-refractivity contribution >= 4 is 34.9 Å². The van der Waals surface area contributed by atoms with Crippen LogP contribution in [0.2, 0.25) is 5.02 Å². The first-order chi connectivity index (χ1) is 12.5. The van der Waals surface area contributed by atoms with Gasteiger partial charge in [-0.2, -0.15) is 0 Å². The number of anilines is 2. The molecule has 3 rings (SSSR count). The molecular formula is C20H22ClN3O2. The lowest BCUT2D eigenvalue weighted by Crippen LogP contribution is -2.34. The van der Waals surface area contributed by atoms with Gasteiger partial charge in [-0.25, -0.2) is 4.79 Å². The Bertz CT molecular complexity index is 822. The number of carbonyl (C=O) groups excluding carboxylic acids is 2. The number of benzene rings is 2. The lowest BCUT2D eigenvalue weighted by Gasteiger charge is -2.14. The van der Waals surface area contributed by atoms with Crippen molar-refractivity contribution in [3.8, 4) is 0 Å². The second-order valence-electron chi connectivity index (χ2n) is 6.76. The molecule has 1 aliphatic carbocycles. The molecule has 1 fully saturated rings. The van der Waals surface area contributed by atoms with Gasteiger partial charge in [-0.3, -0.25) is 4.79 Å². The zero-order valence-electron chi connectivity index (χ0n) is 14.8. The van der Waals surface area contributed by atoms with Gasteiger partial charge in [-0.1, -0.05) is 41.9 Å². The van der Waals surface area contributed by atoms with Crippen molar-refractivity contribution in [2.45, 2.75) is 32.2 Å². The summed E-state index contributed by atoms with van der Waals surface area (Å²) in [6.45, 7) is 3.77. The summed E-state index contributed by atoms with van der Waals surface area (Å²) in [7, 11) is 0. The Morgan fingerprint density at radius 2 is 1.62 bits per heavy atom. The molecule has 0 spiro atoms. The predicted octanol–water partition coefficient (Wildman–Crippen LogP) is 4.61. The fourth-order valence-electron chi connectivity index (χ4n) is 2.95. The van der Waals surface area contributed by atoms with Crippen molar-refractivity contribution in [2.75, 3.05) is 10.6 Å². The smallest absolute Gasteiger partial charge is 0.319 e. The average Bonchev–Trinajstić information content (AvgIpc) is 3.37. The van der Waals surface area contributed by atoms with Crippen molar-refractivity contribution in [1.29, 1.82) is 0 Å². The van der Waals surface area contributed by atoms with Crippen LogP contribution in [0.4, 0.5) is 16.2 Å². The van der Waals surface area contributed by atoms with Crippen LogP contribution in [0.15, 0.2) is 48.5 Å². The second kappa shape index (κ2) is 7.79. The zero-order chi connectivity index (χ0) is 18.7. The van der Waals surface area contributed by atoms with Crippen LogP contribution in [-0.2, 0) is 4.79 Å². The summed E-state index contributed by atoms with van der Waals surface area (Å²) in [4.78, 5) is 24.5. The van der Waals surface area contributed by atoms with E-state index in [1.165, 1.54) is 0 Å². The van der Waals surface area contributed by atoms with Gasteiger partial charge in [0.15, 0.2) is 0 Å². The third-order valence-electron chi connectivity index (χ3n) is 4.28. The molecule has 2 aromatic carbocycles. The summed E-state index contributed by atoms with van der Waals surface area (Å²) in [6.07, 6.45) is 0.777. The molecule has 2 atom stereocenters. The second-order valence-corrected chi connectivity index (χ2v) is 7.17. The quantitative estimate of drug-likeness (QED) is 0.718. The lowest BCUT2D eigenvalue weighted by atomic mass is 10.1. The average molecular weight is 372 g/mol. The molecule has 3 N–H and O–H groups in total. The predicted molar refractivity (Wildman–Crippen MR) is 105 cm³/mol. The van der Waals surface area contributed by atoms with Crippen LogP contribution in [0, 0.1) is 5.92 Å². The standard InChI is InChI=1S/C20H22ClN3O2/c1-12(2)22-20(26)24-18-10-6-5-9-17(18)23-19(25)15-11-14(15)13-7-3-4-8-16(13)21/h3-10,12,14-15H,11H2,1-2H3,(H,23,25)(H2,22,24,26). The molecule has 2 unspecified atom stereocenters. The molecule has 6 heteroatoms. The van der Waals surface area contributed by atoms with Crippen molar-refractivity contribution in [3.05, 3.63) is 59.1 Å². The minimum atomic E-state index is -0.304. The Hall–Kier alpha value is -2.53. The van der Waals surface area contributed by atoms with E-state index in [1.54, 1.807) is 12.1 Å². The van der Waals surface area contributed by atoms with Gasteiger partial charge in [0.2, 0.25) is 5.91 Å². The minimum Gasteiger partial charge on any atom is -0.336 e. The van der Waals surface area contributed by atoms with Gasteiger partial charge in [0.05, 0.1) is 11.4 Å². The Balaban J connectivity index is 1.66. The Kier molecular flexibility index (Phi) is 5.47. The topological polar surface area (TPSA) is 70.2 Å². The van der Waals surface area contributed by atoms with E-state index < -0.39 is 0 Å². The Morgan fingerprint density at radius 1 is 1.00 bits per heavy atom. The molecule has 0 aromatic heterocycles. The van der Waals surface area contributed by atoms with E-state index in [0.29, 0.717) is 16.4 Å². The first-order valence-corrected chi connectivity index (χ1v) is 9.05. The number of para-hydroxylation sites is 2. The van der Waals surface area contributed by atoms with E-state index in [0.717, 1.165) is 12.0 Å². The normalized spacial score (nSPS) is 18.3. The number of halogens is 1. The molecule has 0 heterocycles. The lowest BCUT2D eigenvalue weighted by molar-refractivity contribution is -0.117. The van der Waals surface area contributed by atoms with Gasteiger partial charge < -0.3 is 16.0 Å². The molecular weight excluding hydrogens is 350 g/mol. The fraction of sp³-hybridized carbons (Fsp3) is 0.300. The summed E-state index contributed by atoms with van der Waals surface area (Å²) in [5.74, 6) is -0.0195. The fourth-order valence-corrected chi connectivity index (χ4v) is 3.23. The minimum absolute atomic E-state index is 0.0274. The molecule has 1 saturated carbocycles. The third kappa shape index (κ3) is 4.35. The van der Waals surface area contributed by atoms with Gasteiger partial charge in [-0.15, -0.1) is 0 Å². The molecule has 2 aromatic rings. The van der Waals surface area contributed by atoms with E-state index in [4.69, 9.17) is 11.6 Å². The summed E-state index contributed by atoms with van der Waals surface area (Å²) in [5.41, 5.74) is 2.16. The van der Waals surface area contributed by atoms with Crippen molar-refractivity contribution < 1.29 is 9.59 Å². The summed E-state index contributed by atoms with van der Waals surface area (Å²) in [6, 6.07) is 14.5. The van der Waals surface area contributed by atoms with E-state index in [2.05, 4.69) is 16.0 Å². The maximum atomic E-state index is 12.6. The van der Waals surface area contributed by atoms with Crippen molar-refractivity contribution in [1.82, 2.24) is 5.32 Å². The zero-order valence-corrected chi connectivity index (χ0v) is 15.5. The number of carbonyl (C=O) groups is 2. The molecule has 1 aliphatic rings. The van der Waals surface area contributed by atoms with Gasteiger partial charge in [0.1, 0.15) is 0 Å². The summed E-state index contributed by atoms with van der Waals surface area (Å²) in [5, 5.41) is 9.16. The van der Waals surface area contributed by atoms with Crippen LogP contribution >= 0.6 is 11.6 Å². The van der Waals surface area contributed by atoms with Crippen molar-refractivity contribution in [3.63, 3.8) is 0 Å². The van der Waals surface area contributed by atoms with Crippen LogP contribution in [0.25, 0.3) is 0 Å². The monoisotopic (exact) mass is 371 g/mol. The highest BCUT2D eigenvalue weighted by molar-refractivity contribution is 6.31. The number of nitrogens with one attached hydrogen (secondary N) is 3. The van der Waals surface area contributed by atoms with Gasteiger partial charge in [-0.05, 0) is 49.9 Å². The first kappa shape index (κ1) is 18.3. The number of rotatable bonds is 5. The van der Waals surface area contributed by atoms with Gasteiger partial charge >= 0.3 is 6.03 Å². The molecule has 0 radical (unpaired) electrons. The molecule has 0 saturated heterocycles. The number of amides is 3. The van der Waals surface area contributed by atoms with E-state index in [-0.39, 0.29) is 29.8 Å². The maximum Gasteiger partial charge on any atom is 0.319 e.